The minimum atomic E-state index is -0.648. The molecule has 3 amide bonds. The average Bonchev–Trinajstić information content (AvgIpc) is 3.24. The highest BCUT2D eigenvalue weighted by Crippen LogP contribution is 2.32. The van der Waals surface area contributed by atoms with Crippen molar-refractivity contribution in [3.05, 3.63) is 29.3 Å². The van der Waals surface area contributed by atoms with Crippen molar-refractivity contribution in [2.75, 3.05) is 57.8 Å². The van der Waals surface area contributed by atoms with E-state index in [0.717, 1.165) is 63.1 Å². The van der Waals surface area contributed by atoms with Crippen LogP contribution in [0.4, 0.5) is 10.5 Å². The number of anilines is 1. The van der Waals surface area contributed by atoms with Gasteiger partial charge in [-0.3, -0.25) is 14.5 Å². The van der Waals surface area contributed by atoms with E-state index < -0.39 is 11.6 Å². The second kappa shape index (κ2) is 12.4. The van der Waals surface area contributed by atoms with Crippen molar-refractivity contribution < 1.29 is 23.9 Å². The fourth-order valence-electron chi connectivity index (χ4n) is 5.78. The van der Waals surface area contributed by atoms with Crippen LogP contribution in [-0.4, -0.2) is 103 Å². The van der Waals surface area contributed by atoms with Crippen LogP contribution >= 0.6 is 0 Å². The molecule has 1 atom stereocenters. The number of hydrogen-bond acceptors (Lipinski definition) is 7. The number of aldehydes is 1. The predicted molar refractivity (Wildman–Crippen MR) is 149 cm³/mol. The highest BCUT2D eigenvalue weighted by atomic mass is 16.6. The van der Waals surface area contributed by atoms with Crippen molar-refractivity contribution in [1.29, 1.82) is 0 Å². The normalized spacial score (nSPS) is 19.6. The summed E-state index contributed by atoms with van der Waals surface area (Å²) in [6, 6.07) is 5.33. The molecule has 3 aliphatic heterocycles. The molecule has 1 unspecified atom stereocenters. The van der Waals surface area contributed by atoms with E-state index in [2.05, 4.69) is 21.2 Å². The van der Waals surface area contributed by atoms with Crippen molar-refractivity contribution in [3.63, 3.8) is 0 Å². The molecule has 0 saturated carbocycles. The number of nitrogens with zero attached hydrogens (tertiary/aromatic N) is 4. The smallest absolute Gasteiger partial charge is 0.410 e. The maximum Gasteiger partial charge on any atom is 0.410 e. The van der Waals surface area contributed by atoms with E-state index in [1.807, 2.05) is 37.8 Å². The molecule has 1 aromatic rings. The number of fused-ring (bicyclic) bond motifs is 1. The van der Waals surface area contributed by atoms with Crippen molar-refractivity contribution in [1.82, 2.24) is 20.0 Å². The molecule has 214 valence electrons. The van der Waals surface area contributed by atoms with E-state index in [1.165, 1.54) is 0 Å². The Hall–Kier alpha value is -3.14. The number of piperidine rings is 1. The summed E-state index contributed by atoms with van der Waals surface area (Å²) in [7, 11) is 1.55. The monoisotopic (exact) mass is 541 g/mol. The molecule has 2 fully saturated rings. The van der Waals surface area contributed by atoms with Gasteiger partial charge in [-0.05, 0) is 69.7 Å². The third kappa shape index (κ3) is 7.09. The number of ether oxygens (including phenoxy) is 1. The zero-order chi connectivity index (χ0) is 28.2. The fraction of sp³-hybridized carbons (Fsp3) is 0.655. The summed E-state index contributed by atoms with van der Waals surface area (Å²) in [6.07, 6.45) is 3.31. The molecule has 3 aliphatic rings. The molecule has 10 heteroatoms. The van der Waals surface area contributed by atoms with E-state index in [4.69, 9.17) is 4.74 Å². The molecule has 0 aromatic heterocycles. The summed E-state index contributed by atoms with van der Waals surface area (Å²) in [5.74, 6) is 0.222. The largest absolute Gasteiger partial charge is 0.444 e. The summed E-state index contributed by atoms with van der Waals surface area (Å²) in [5, 5.41) is 2.63. The predicted octanol–water partition coefficient (Wildman–Crippen LogP) is 2.51. The van der Waals surface area contributed by atoms with Gasteiger partial charge in [0.2, 0.25) is 5.91 Å². The minimum absolute atomic E-state index is 0.151. The van der Waals surface area contributed by atoms with Gasteiger partial charge in [0.05, 0.1) is 0 Å². The van der Waals surface area contributed by atoms with Crippen LogP contribution in [-0.2, 0) is 20.9 Å². The lowest BCUT2D eigenvalue weighted by atomic mass is 9.95. The number of carbonyl (C=O) groups excluding carboxylic acids is 4. The Kier molecular flexibility index (Phi) is 9.15. The van der Waals surface area contributed by atoms with Gasteiger partial charge in [-0.25, -0.2) is 4.79 Å². The van der Waals surface area contributed by atoms with Crippen LogP contribution in [0.3, 0.4) is 0 Å². The standard InChI is InChI=1S/C29H43N5O5/c1-29(2,3)39-28(38)33-15-13-31(14-16-33)19-21-9-11-32(12-10-21)23-7-8-24-22(18-23)20-34(27(24)37)25(6-5-17-35)26(36)30-4/h7-8,17-18,21,25H,5-6,9-16,19-20H2,1-4H3,(H,30,36). The zero-order valence-corrected chi connectivity index (χ0v) is 23.8. The minimum Gasteiger partial charge on any atom is -0.444 e. The Balaban J connectivity index is 1.27. The van der Waals surface area contributed by atoms with Crippen LogP contribution < -0.4 is 10.2 Å². The van der Waals surface area contributed by atoms with Crippen LogP contribution in [0.2, 0.25) is 0 Å². The van der Waals surface area contributed by atoms with Crippen LogP contribution in [0.25, 0.3) is 0 Å². The first-order valence-electron chi connectivity index (χ1n) is 14.1. The SMILES string of the molecule is CNC(=O)C(CCC=O)N1Cc2cc(N3CCC(CN4CCN(C(=O)OC(C)(C)C)CC4)CC3)ccc2C1=O. The molecule has 10 nitrogen and oxygen atoms in total. The molecular weight excluding hydrogens is 498 g/mol. The van der Waals surface area contributed by atoms with Gasteiger partial charge < -0.3 is 29.5 Å². The highest BCUT2D eigenvalue weighted by molar-refractivity contribution is 6.01. The molecule has 2 saturated heterocycles. The highest BCUT2D eigenvalue weighted by Gasteiger charge is 2.36. The Morgan fingerprint density at radius 1 is 1.10 bits per heavy atom. The number of likely N-dealkylation sites (N-methyl/N-ethyl adjacent to an activating group) is 1. The second-order valence-electron chi connectivity index (χ2n) is 11.8. The van der Waals surface area contributed by atoms with Crippen LogP contribution in [0.5, 0.6) is 0 Å². The first-order chi connectivity index (χ1) is 18.6. The Morgan fingerprint density at radius 2 is 1.79 bits per heavy atom. The molecule has 0 radical (unpaired) electrons. The van der Waals surface area contributed by atoms with E-state index in [-0.39, 0.29) is 24.3 Å². The number of benzene rings is 1. The van der Waals surface area contributed by atoms with Gasteiger partial charge in [0, 0.05) is 77.1 Å². The molecule has 4 rings (SSSR count). The topological polar surface area (TPSA) is 103 Å². The van der Waals surface area contributed by atoms with Crippen LogP contribution in [0, 0.1) is 5.92 Å². The number of nitrogens with one attached hydrogen (secondary N) is 1. The van der Waals surface area contributed by atoms with Crippen molar-refractivity contribution in [2.24, 2.45) is 5.92 Å². The Bertz CT molecular complexity index is 1050. The van der Waals surface area contributed by atoms with E-state index >= 15 is 0 Å². The molecule has 0 aliphatic carbocycles. The van der Waals surface area contributed by atoms with Gasteiger partial charge in [0.25, 0.3) is 5.91 Å². The molecule has 1 N–H and O–H groups in total. The zero-order valence-electron chi connectivity index (χ0n) is 23.8. The number of hydrogen-bond donors (Lipinski definition) is 1. The van der Waals surface area contributed by atoms with Crippen molar-refractivity contribution in [3.8, 4) is 0 Å². The first-order valence-corrected chi connectivity index (χ1v) is 14.1. The molecule has 0 spiro atoms. The summed E-state index contributed by atoms with van der Waals surface area (Å²) < 4.78 is 5.51. The van der Waals surface area contributed by atoms with Gasteiger partial charge >= 0.3 is 6.09 Å². The lowest BCUT2D eigenvalue weighted by Crippen LogP contribution is -2.51. The maximum absolute atomic E-state index is 13.1. The number of piperazine rings is 1. The summed E-state index contributed by atoms with van der Waals surface area (Å²) >= 11 is 0. The molecule has 39 heavy (non-hydrogen) atoms. The molecule has 0 bridgehead atoms. The average molecular weight is 542 g/mol. The molecule has 3 heterocycles. The Morgan fingerprint density at radius 3 is 2.41 bits per heavy atom. The number of carbonyl (C=O) groups is 4. The van der Waals surface area contributed by atoms with Gasteiger partial charge in [-0.15, -0.1) is 0 Å². The quantitative estimate of drug-likeness (QED) is 0.505. The summed E-state index contributed by atoms with van der Waals surface area (Å²) in [4.78, 5) is 57.0. The van der Waals surface area contributed by atoms with Crippen LogP contribution in [0.1, 0.15) is 62.4 Å². The second-order valence-corrected chi connectivity index (χ2v) is 11.8. The summed E-state index contributed by atoms with van der Waals surface area (Å²) in [5.41, 5.74) is 2.21. The first kappa shape index (κ1) is 28.9. The van der Waals surface area contributed by atoms with Gasteiger partial charge in [-0.2, -0.15) is 0 Å². The maximum atomic E-state index is 13.1. The molecular formula is C29H43N5O5. The lowest BCUT2D eigenvalue weighted by Gasteiger charge is -2.39. The van der Waals surface area contributed by atoms with Crippen molar-refractivity contribution in [2.45, 2.75) is 64.6 Å². The van der Waals surface area contributed by atoms with Crippen LogP contribution in [0.15, 0.2) is 18.2 Å². The summed E-state index contributed by atoms with van der Waals surface area (Å²) in [6.45, 7) is 12.2. The number of rotatable bonds is 8. The Labute approximate surface area is 231 Å². The van der Waals surface area contributed by atoms with E-state index in [1.54, 1.807) is 11.9 Å². The third-order valence-corrected chi connectivity index (χ3v) is 7.92. The lowest BCUT2D eigenvalue weighted by molar-refractivity contribution is -0.125. The van der Waals surface area contributed by atoms with Gasteiger partial charge in [-0.1, -0.05) is 0 Å². The van der Waals surface area contributed by atoms with E-state index in [9.17, 15) is 19.2 Å². The van der Waals surface area contributed by atoms with Gasteiger partial charge in [0.15, 0.2) is 0 Å². The van der Waals surface area contributed by atoms with E-state index in [0.29, 0.717) is 37.5 Å². The fourth-order valence-corrected chi connectivity index (χ4v) is 5.78. The van der Waals surface area contributed by atoms with Crippen molar-refractivity contribution >= 4 is 29.9 Å². The van der Waals surface area contributed by atoms with Gasteiger partial charge in [0.1, 0.15) is 17.9 Å². The molecule has 1 aromatic carbocycles. The third-order valence-electron chi connectivity index (χ3n) is 7.92. The number of amides is 3.